The number of benzene rings is 2. The second kappa shape index (κ2) is 11.0. The Morgan fingerprint density at radius 3 is 2.28 bits per heavy atom. The first kappa shape index (κ1) is 22.8. The molecule has 4 rings (SSSR count). The van der Waals surface area contributed by atoms with E-state index in [1.807, 2.05) is 30.3 Å². The predicted molar refractivity (Wildman–Crippen MR) is 127 cm³/mol. The molecule has 1 N–H and O–H groups in total. The summed E-state index contributed by atoms with van der Waals surface area (Å²) in [5.41, 5.74) is 3.75. The second-order valence-corrected chi connectivity index (χ2v) is 9.42. The van der Waals surface area contributed by atoms with Crippen molar-refractivity contribution in [3.63, 3.8) is 0 Å². The van der Waals surface area contributed by atoms with Crippen molar-refractivity contribution in [3.8, 4) is 0 Å². The zero-order valence-corrected chi connectivity index (χ0v) is 19.2. The molecule has 5 heteroatoms. The van der Waals surface area contributed by atoms with E-state index in [4.69, 9.17) is 4.74 Å². The monoisotopic (exact) mass is 436 g/mol. The van der Waals surface area contributed by atoms with E-state index in [0.29, 0.717) is 25.6 Å². The SMILES string of the molecule is Cc1ccc(C2CCN(CC(O)C3CCN(C(=O)OCc4ccccc4)CC3)CC2)cc1. The van der Waals surface area contributed by atoms with Gasteiger partial charge in [-0.15, -0.1) is 0 Å². The summed E-state index contributed by atoms with van der Waals surface area (Å²) in [5.74, 6) is 0.886. The Balaban J connectivity index is 1.16. The van der Waals surface area contributed by atoms with E-state index in [9.17, 15) is 9.90 Å². The summed E-state index contributed by atoms with van der Waals surface area (Å²) >= 11 is 0. The Hall–Kier alpha value is -2.37. The predicted octanol–water partition coefficient (Wildman–Crippen LogP) is 4.58. The number of nitrogens with zero attached hydrogens (tertiary/aromatic N) is 2. The van der Waals surface area contributed by atoms with Gasteiger partial charge in [0.1, 0.15) is 6.61 Å². The van der Waals surface area contributed by atoms with Gasteiger partial charge < -0.3 is 19.6 Å². The average Bonchev–Trinajstić information content (AvgIpc) is 2.84. The summed E-state index contributed by atoms with van der Waals surface area (Å²) in [4.78, 5) is 16.6. The number of piperidine rings is 2. The molecule has 0 aromatic heterocycles. The van der Waals surface area contributed by atoms with Crippen LogP contribution in [-0.2, 0) is 11.3 Å². The second-order valence-electron chi connectivity index (χ2n) is 9.42. The highest BCUT2D eigenvalue weighted by Gasteiger charge is 2.30. The van der Waals surface area contributed by atoms with Crippen LogP contribution in [0.25, 0.3) is 0 Å². The van der Waals surface area contributed by atoms with Crippen molar-refractivity contribution in [3.05, 3.63) is 71.3 Å². The molecule has 1 atom stereocenters. The van der Waals surface area contributed by atoms with Crippen LogP contribution in [0.1, 0.15) is 48.3 Å². The van der Waals surface area contributed by atoms with Crippen LogP contribution in [0.2, 0.25) is 0 Å². The van der Waals surface area contributed by atoms with Crippen molar-refractivity contribution in [1.29, 1.82) is 0 Å². The summed E-state index contributed by atoms with van der Waals surface area (Å²) in [7, 11) is 0. The number of hydrogen-bond donors (Lipinski definition) is 1. The number of hydrogen-bond acceptors (Lipinski definition) is 4. The summed E-state index contributed by atoms with van der Waals surface area (Å²) in [6, 6.07) is 18.7. The van der Waals surface area contributed by atoms with Crippen molar-refractivity contribution in [1.82, 2.24) is 9.80 Å². The largest absolute Gasteiger partial charge is 0.445 e. The number of aliphatic hydroxyl groups excluding tert-OH is 1. The van der Waals surface area contributed by atoms with Gasteiger partial charge in [0.05, 0.1) is 6.10 Å². The molecule has 2 fully saturated rings. The summed E-state index contributed by atoms with van der Waals surface area (Å²) in [6.45, 7) is 6.58. The van der Waals surface area contributed by atoms with Crippen molar-refractivity contribution >= 4 is 6.09 Å². The van der Waals surface area contributed by atoms with Crippen LogP contribution in [0.15, 0.2) is 54.6 Å². The van der Waals surface area contributed by atoms with Gasteiger partial charge in [-0.05, 0) is 68.7 Å². The van der Waals surface area contributed by atoms with E-state index in [2.05, 4.69) is 36.1 Å². The summed E-state index contributed by atoms with van der Waals surface area (Å²) < 4.78 is 5.45. The number of carbonyl (C=O) groups excluding carboxylic acids is 1. The molecule has 0 spiro atoms. The van der Waals surface area contributed by atoms with E-state index in [0.717, 1.165) is 50.9 Å². The van der Waals surface area contributed by atoms with Crippen LogP contribution in [-0.4, -0.2) is 59.8 Å². The first-order valence-electron chi connectivity index (χ1n) is 12.0. The quantitative estimate of drug-likeness (QED) is 0.720. The zero-order valence-electron chi connectivity index (χ0n) is 19.2. The van der Waals surface area contributed by atoms with Gasteiger partial charge in [-0.3, -0.25) is 0 Å². The van der Waals surface area contributed by atoms with Crippen molar-refractivity contribution in [2.75, 3.05) is 32.7 Å². The van der Waals surface area contributed by atoms with Crippen LogP contribution in [0, 0.1) is 12.8 Å². The average molecular weight is 437 g/mol. The normalized spacial score (nSPS) is 19.6. The molecule has 0 aliphatic carbocycles. The van der Waals surface area contributed by atoms with Gasteiger partial charge in [0.25, 0.3) is 0 Å². The highest BCUT2D eigenvalue weighted by molar-refractivity contribution is 5.67. The van der Waals surface area contributed by atoms with Crippen LogP contribution in [0.4, 0.5) is 4.79 Å². The van der Waals surface area contributed by atoms with E-state index in [1.165, 1.54) is 11.1 Å². The Morgan fingerprint density at radius 2 is 1.62 bits per heavy atom. The van der Waals surface area contributed by atoms with E-state index in [-0.39, 0.29) is 18.1 Å². The lowest BCUT2D eigenvalue weighted by atomic mass is 9.87. The number of likely N-dealkylation sites (tertiary alicyclic amines) is 2. The van der Waals surface area contributed by atoms with Gasteiger partial charge in [0.15, 0.2) is 0 Å². The molecule has 0 radical (unpaired) electrons. The molecule has 2 heterocycles. The van der Waals surface area contributed by atoms with Crippen molar-refractivity contribution < 1.29 is 14.6 Å². The molecule has 2 saturated heterocycles. The third kappa shape index (κ3) is 6.11. The Bertz CT molecular complexity index is 839. The number of ether oxygens (including phenoxy) is 1. The molecular weight excluding hydrogens is 400 g/mol. The minimum atomic E-state index is -0.326. The summed E-state index contributed by atoms with van der Waals surface area (Å²) in [5, 5.41) is 10.8. The van der Waals surface area contributed by atoms with Gasteiger partial charge in [-0.25, -0.2) is 4.79 Å². The number of β-amino-alcohol motifs (C(OH)–C–C–N with tert-alkyl or cyclic N) is 1. The third-order valence-corrected chi connectivity index (χ3v) is 7.13. The van der Waals surface area contributed by atoms with Crippen molar-refractivity contribution in [2.24, 2.45) is 5.92 Å². The standard InChI is InChI=1S/C27H36N2O3/c1-21-7-9-23(10-8-21)24-11-15-28(16-12-24)19-26(30)25-13-17-29(18-14-25)27(31)32-20-22-5-3-2-4-6-22/h2-10,24-26,30H,11-20H2,1H3. The van der Waals surface area contributed by atoms with E-state index >= 15 is 0 Å². The fourth-order valence-corrected chi connectivity index (χ4v) is 4.98. The highest BCUT2D eigenvalue weighted by atomic mass is 16.6. The number of rotatable bonds is 6. The van der Waals surface area contributed by atoms with Gasteiger partial charge >= 0.3 is 6.09 Å². The van der Waals surface area contributed by atoms with E-state index < -0.39 is 0 Å². The summed E-state index contributed by atoms with van der Waals surface area (Å²) in [6.07, 6.45) is 3.40. The number of aryl methyl sites for hydroxylation is 1. The van der Waals surface area contributed by atoms with Gasteiger partial charge in [-0.1, -0.05) is 60.2 Å². The molecule has 0 bridgehead atoms. The lowest BCUT2D eigenvalue weighted by molar-refractivity contribution is 0.0214. The maximum Gasteiger partial charge on any atom is 0.410 e. The van der Waals surface area contributed by atoms with Crippen LogP contribution >= 0.6 is 0 Å². The van der Waals surface area contributed by atoms with Gasteiger partial charge in [0, 0.05) is 19.6 Å². The van der Waals surface area contributed by atoms with Gasteiger partial charge in [-0.2, -0.15) is 0 Å². The number of aliphatic hydroxyl groups is 1. The van der Waals surface area contributed by atoms with Gasteiger partial charge in [0.2, 0.25) is 0 Å². The third-order valence-electron chi connectivity index (χ3n) is 7.13. The van der Waals surface area contributed by atoms with Crippen molar-refractivity contribution in [2.45, 2.75) is 51.2 Å². The van der Waals surface area contributed by atoms with Crippen LogP contribution in [0.3, 0.4) is 0 Å². The molecule has 32 heavy (non-hydrogen) atoms. The minimum Gasteiger partial charge on any atom is -0.445 e. The smallest absolute Gasteiger partial charge is 0.410 e. The Kier molecular flexibility index (Phi) is 7.82. The first-order chi connectivity index (χ1) is 15.6. The maximum atomic E-state index is 12.4. The van der Waals surface area contributed by atoms with Crippen LogP contribution < -0.4 is 0 Å². The number of carbonyl (C=O) groups is 1. The molecule has 172 valence electrons. The fourth-order valence-electron chi connectivity index (χ4n) is 4.98. The lowest BCUT2D eigenvalue weighted by Gasteiger charge is -2.37. The topological polar surface area (TPSA) is 53.0 Å². The molecule has 2 aromatic carbocycles. The molecule has 1 amide bonds. The fraction of sp³-hybridized carbons (Fsp3) is 0.519. The Morgan fingerprint density at radius 1 is 0.969 bits per heavy atom. The molecule has 0 saturated carbocycles. The molecule has 2 aliphatic rings. The molecule has 1 unspecified atom stereocenters. The van der Waals surface area contributed by atoms with E-state index in [1.54, 1.807) is 4.90 Å². The zero-order chi connectivity index (χ0) is 22.3. The maximum absolute atomic E-state index is 12.4. The first-order valence-corrected chi connectivity index (χ1v) is 12.0. The molecule has 2 aliphatic heterocycles. The minimum absolute atomic E-state index is 0.250. The molecule has 5 nitrogen and oxygen atoms in total. The lowest BCUT2D eigenvalue weighted by Crippen LogP contribution is -2.45. The Labute approximate surface area is 192 Å². The number of amides is 1. The highest BCUT2D eigenvalue weighted by Crippen LogP contribution is 2.29. The molecule has 2 aromatic rings. The molecular formula is C27H36N2O3. The van der Waals surface area contributed by atoms with Crippen LogP contribution in [0.5, 0.6) is 0 Å².